The molecule has 0 radical (unpaired) electrons. The summed E-state index contributed by atoms with van der Waals surface area (Å²) in [5.41, 5.74) is 0.456. The molecule has 0 unspecified atom stereocenters. The molecule has 2 aromatic rings. The van der Waals surface area contributed by atoms with Gasteiger partial charge in [0.1, 0.15) is 18.2 Å². The van der Waals surface area contributed by atoms with E-state index in [4.69, 9.17) is 9.15 Å². The van der Waals surface area contributed by atoms with E-state index < -0.39 is 11.6 Å². The molecule has 1 heterocycles. The summed E-state index contributed by atoms with van der Waals surface area (Å²) in [6.07, 6.45) is 0. The maximum Gasteiger partial charge on any atom is 0.231 e. The normalized spacial score (nSPS) is 10.6. The van der Waals surface area contributed by atoms with Crippen molar-refractivity contribution in [3.8, 4) is 0 Å². The molecule has 94 valence electrons. The second-order valence-corrected chi connectivity index (χ2v) is 3.96. The molecule has 0 N–H and O–H groups in total. The zero-order valence-corrected chi connectivity index (χ0v) is 10.2. The summed E-state index contributed by atoms with van der Waals surface area (Å²) in [5, 5.41) is 0. The number of ether oxygens (including phenoxy) is 1. The number of benzene rings is 1. The minimum Gasteiger partial charge on any atom is -0.455 e. The Balaban J connectivity index is 2.32. The zero-order valence-electron chi connectivity index (χ0n) is 10.2. The van der Waals surface area contributed by atoms with Gasteiger partial charge in [-0.05, 0) is 30.7 Å². The molecule has 4 heteroatoms. The van der Waals surface area contributed by atoms with Gasteiger partial charge in [0.25, 0.3) is 0 Å². The molecule has 0 spiro atoms. The number of halogens is 1. The Kier molecular flexibility index (Phi) is 3.58. The minimum atomic E-state index is -0.507. The van der Waals surface area contributed by atoms with Crippen molar-refractivity contribution in [3.05, 3.63) is 58.8 Å². The fourth-order valence-electron chi connectivity index (χ4n) is 1.68. The Morgan fingerprint density at radius 2 is 2.11 bits per heavy atom. The van der Waals surface area contributed by atoms with Crippen LogP contribution in [0.1, 0.15) is 27.4 Å². The van der Waals surface area contributed by atoms with E-state index in [0.29, 0.717) is 11.3 Å². The number of carbonyl (C=O) groups excluding carboxylic acids is 1. The third-order valence-electron chi connectivity index (χ3n) is 2.61. The predicted octanol–water partition coefficient (Wildman–Crippen LogP) is 3.10. The molecule has 2 rings (SSSR count). The number of rotatable bonds is 4. The summed E-state index contributed by atoms with van der Waals surface area (Å²) in [6, 6.07) is 7.88. The first-order valence-electron chi connectivity index (χ1n) is 5.51. The van der Waals surface area contributed by atoms with Gasteiger partial charge in [0.05, 0.1) is 5.56 Å². The van der Waals surface area contributed by atoms with E-state index in [9.17, 15) is 9.18 Å². The van der Waals surface area contributed by atoms with Crippen molar-refractivity contribution in [2.75, 3.05) is 7.11 Å². The van der Waals surface area contributed by atoms with Crippen LogP contribution in [0.2, 0.25) is 0 Å². The van der Waals surface area contributed by atoms with Crippen molar-refractivity contribution in [1.82, 2.24) is 0 Å². The van der Waals surface area contributed by atoms with Gasteiger partial charge in [-0.15, -0.1) is 0 Å². The second kappa shape index (κ2) is 5.14. The van der Waals surface area contributed by atoms with Crippen LogP contribution in [-0.2, 0) is 11.3 Å². The van der Waals surface area contributed by atoms with Crippen molar-refractivity contribution >= 4 is 5.78 Å². The molecule has 0 aliphatic rings. The molecule has 0 aliphatic heterocycles. The van der Waals surface area contributed by atoms with E-state index in [-0.39, 0.29) is 17.9 Å². The van der Waals surface area contributed by atoms with Gasteiger partial charge in [0.15, 0.2) is 5.76 Å². The van der Waals surface area contributed by atoms with E-state index in [1.165, 1.54) is 19.2 Å². The second-order valence-electron chi connectivity index (χ2n) is 3.96. The number of furan rings is 1. The van der Waals surface area contributed by atoms with Gasteiger partial charge < -0.3 is 9.15 Å². The lowest BCUT2D eigenvalue weighted by Crippen LogP contribution is -2.04. The molecule has 0 bridgehead atoms. The number of carbonyl (C=O) groups is 1. The van der Waals surface area contributed by atoms with E-state index in [1.807, 2.05) is 0 Å². The number of hydrogen-bond acceptors (Lipinski definition) is 3. The van der Waals surface area contributed by atoms with Gasteiger partial charge in [0.2, 0.25) is 5.78 Å². The zero-order chi connectivity index (χ0) is 13.1. The average Bonchev–Trinajstić information content (AvgIpc) is 2.81. The summed E-state index contributed by atoms with van der Waals surface area (Å²) < 4.78 is 24.0. The molecular formula is C14H13FO3. The Hall–Kier alpha value is -1.94. The molecule has 0 aliphatic carbocycles. The third-order valence-corrected chi connectivity index (χ3v) is 2.61. The van der Waals surface area contributed by atoms with Crippen LogP contribution in [0.3, 0.4) is 0 Å². The van der Waals surface area contributed by atoms with Crippen LogP contribution in [-0.4, -0.2) is 12.9 Å². The van der Waals surface area contributed by atoms with E-state index >= 15 is 0 Å². The lowest BCUT2D eigenvalue weighted by atomic mass is 10.1. The van der Waals surface area contributed by atoms with Gasteiger partial charge in [-0.25, -0.2) is 4.39 Å². The van der Waals surface area contributed by atoms with Crippen LogP contribution in [0, 0.1) is 12.7 Å². The van der Waals surface area contributed by atoms with E-state index in [2.05, 4.69) is 0 Å². The highest BCUT2D eigenvalue weighted by Gasteiger charge is 2.18. The molecule has 1 aromatic carbocycles. The van der Waals surface area contributed by atoms with Crippen LogP contribution < -0.4 is 0 Å². The molecule has 0 amide bonds. The summed E-state index contributed by atoms with van der Waals surface area (Å²) in [6.45, 7) is 1.90. The number of aryl methyl sites for hydroxylation is 1. The Morgan fingerprint density at radius 1 is 1.33 bits per heavy atom. The first-order valence-corrected chi connectivity index (χ1v) is 5.51. The van der Waals surface area contributed by atoms with Crippen LogP contribution in [0.15, 0.2) is 34.7 Å². The third kappa shape index (κ3) is 2.33. The Labute approximate surface area is 104 Å². The number of hydrogen-bond donors (Lipinski definition) is 0. The monoisotopic (exact) mass is 248 g/mol. The predicted molar refractivity (Wildman–Crippen MR) is 64.0 cm³/mol. The molecular weight excluding hydrogens is 235 g/mol. The largest absolute Gasteiger partial charge is 0.455 e. The molecule has 0 saturated carbocycles. The quantitative estimate of drug-likeness (QED) is 0.780. The highest BCUT2D eigenvalue weighted by Crippen LogP contribution is 2.18. The minimum absolute atomic E-state index is 0.0216. The summed E-state index contributed by atoms with van der Waals surface area (Å²) >= 11 is 0. The highest BCUT2D eigenvalue weighted by molar-refractivity contribution is 6.07. The van der Waals surface area contributed by atoms with Crippen molar-refractivity contribution in [3.63, 3.8) is 0 Å². The maximum absolute atomic E-state index is 13.8. The number of ketones is 1. The first kappa shape index (κ1) is 12.5. The fraction of sp³-hybridized carbons (Fsp3) is 0.214. The standard InChI is InChI=1S/C14H13FO3/c1-9-4-3-5-11(13(9)15)14(16)12-7-6-10(18-12)8-17-2/h3-7H,8H2,1-2H3. The number of methoxy groups -OCH3 is 1. The lowest BCUT2D eigenvalue weighted by Gasteiger charge is -2.02. The first-order chi connectivity index (χ1) is 8.63. The van der Waals surface area contributed by atoms with Crippen LogP contribution >= 0.6 is 0 Å². The van der Waals surface area contributed by atoms with Crippen LogP contribution in [0.5, 0.6) is 0 Å². The molecule has 0 fully saturated rings. The van der Waals surface area contributed by atoms with Crippen molar-refractivity contribution in [2.24, 2.45) is 0 Å². The molecule has 0 atom stereocenters. The van der Waals surface area contributed by atoms with Crippen molar-refractivity contribution in [1.29, 1.82) is 0 Å². The SMILES string of the molecule is COCc1ccc(C(=O)c2cccc(C)c2F)o1. The van der Waals surface area contributed by atoms with Crippen molar-refractivity contribution in [2.45, 2.75) is 13.5 Å². The fourth-order valence-corrected chi connectivity index (χ4v) is 1.68. The van der Waals surface area contributed by atoms with E-state index in [1.54, 1.807) is 25.1 Å². The Morgan fingerprint density at radius 3 is 2.83 bits per heavy atom. The average molecular weight is 248 g/mol. The lowest BCUT2D eigenvalue weighted by molar-refractivity contribution is 0.0996. The molecule has 0 saturated heterocycles. The van der Waals surface area contributed by atoms with E-state index in [0.717, 1.165) is 0 Å². The van der Waals surface area contributed by atoms with Gasteiger partial charge in [-0.2, -0.15) is 0 Å². The molecule has 1 aromatic heterocycles. The smallest absolute Gasteiger partial charge is 0.231 e. The summed E-state index contributed by atoms with van der Waals surface area (Å²) in [5.74, 6) is -0.314. The topological polar surface area (TPSA) is 39.4 Å². The summed E-state index contributed by atoms with van der Waals surface area (Å²) in [4.78, 5) is 12.1. The molecule has 18 heavy (non-hydrogen) atoms. The van der Waals surface area contributed by atoms with Crippen LogP contribution in [0.4, 0.5) is 4.39 Å². The maximum atomic E-state index is 13.8. The van der Waals surface area contributed by atoms with Crippen LogP contribution in [0.25, 0.3) is 0 Å². The van der Waals surface area contributed by atoms with Gasteiger partial charge in [-0.3, -0.25) is 4.79 Å². The van der Waals surface area contributed by atoms with Crippen molar-refractivity contribution < 1.29 is 18.3 Å². The molecule has 3 nitrogen and oxygen atoms in total. The van der Waals surface area contributed by atoms with Gasteiger partial charge in [-0.1, -0.05) is 12.1 Å². The van der Waals surface area contributed by atoms with Gasteiger partial charge >= 0.3 is 0 Å². The summed E-state index contributed by atoms with van der Waals surface area (Å²) in [7, 11) is 1.53. The van der Waals surface area contributed by atoms with Gasteiger partial charge in [0, 0.05) is 7.11 Å². The highest BCUT2D eigenvalue weighted by atomic mass is 19.1. The Bertz CT molecular complexity index is 572.